The van der Waals surface area contributed by atoms with E-state index >= 15 is 0 Å². The summed E-state index contributed by atoms with van der Waals surface area (Å²) < 4.78 is 0. The quantitative estimate of drug-likeness (QED) is 0.895. The second kappa shape index (κ2) is 7.61. The van der Waals surface area contributed by atoms with Crippen LogP contribution in [0.4, 0.5) is 5.69 Å². The summed E-state index contributed by atoms with van der Waals surface area (Å²) in [7, 11) is 0. The molecule has 1 aromatic carbocycles. The van der Waals surface area contributed by atoms with E-state index < -0.39 is 0 Å². The lowest BCUT2D eigenvalue weighted by atomic mass is 10.1. The molecular formula is C16H22ClN3O2. The van der Waals surface area contributed by atoms with Gasteiger partial charge in [-0.3, -0.25) is 9.59 Å². The molecule has 2 N–H and O–H groups in total. The predicted molar refractivity (Wildman–Crippen MR) is 88.5 cm³/mol. The van der Waals surface area contributed by atoms with Gasteiger partial charge in [0.25, 0.3) is 5.91 Å². The molecule has 2 heterocycles. The fourth-order valence-electron chi connectivity index (χ4n) is 2.94. The number of rotatable bonds is 3. The molecule has 5 nitrogen and oxygen atoms in total. The number of carbonyl (C=O) groups is 2. The molecule has 2 aliphatic heterocycles. The molecule has 0 aliphatic carbocycles. The van der Waals surface area contributed by atoms with Crippen LogP contribution in [0.1, 0.15) is 36.0 Å². The number of benzene rings is 1. The van der Waals surface area contributed by atoms with Crippen molar-refractivity contribution in [3.05, 3.63) is 29.8 Å². The number of likely N-dealkylation sites (tertiary alicyclic amines) is 1. The van der Waals surface area contributed by atoms with Gasteiger partial charge in [0.2, 0.25) is 5.91 Å². The average Bonchev–Trinajstić information content (AvgIpc) is 3.20. The first-order valence-corrected chi connectivity index (χ1v) is 7.67. The average molecular weight is 324 g/mol. The van der Waals surface area contributed by atoms with Gasteiger partial charge in [-0.05, 0) is 56.5 Å². The number of nitrogens with zero attached hydrogens (tertiary/aromatic N) is 1. The third kappa shape index (κ3) is 3.78. The van der Waals surface area contributed by atoms with Crippen LogP contribution in [0.3, 0.4) is 0 Å². The van der Waals surface area contributed by atoms with Crippen molar-refractivity contribution >= 4 is 29.9 Å². The van der Waals surface area contributed by atoms with Crippen LogP contribution in [0.25, 0.3) is 0 Å². The fraction of sp³-hybridized carbons (Fsp3) is 0.500. The summed E-state index contributed by atoms with van der Waals surface area (Å²) in [6.45, 7) is 2.61. The van der Waals surface area contributed by atoms with Crippen LogP contribution in [0, 0.1) is 0 Å². The van der Waals surface area contributed by atoms with Crippen molar-refractivity contribution < 1.29 is 9.59 Å². The zero-order valence-electron chi connectivity index (χ0n) is 12.5. The summed E-state index contributed by atoms with van der Waals surface area (Å²) >= 11 is 0. The summed E-state index contributed by atoms with van der Waals surface area (Å²) in [5, 5.41) is 6.06. The maximum Gasteiger partial charge on any atom is 0.253 e. The highest BCUT2D eigenvalue weighted by Gasteiger charge is 2.22. The van der Waals surface area contributed by atoms with Crippen LogP contribution in [0.5, 0.6) is 0 Å². The molecule has 0 radical (unpaired) electrons. The van der Waals surface area contributed by atoms with Crippen molar-refractivity contribution in [3.8, 4) is 0 Å². The minimum absolute atomic E-state index is 0. The lowest BCUT2D eigenvalue weighted by Crippen LogP contribution is -2.35. The SMILES string of the molecule is Cl.O=C(Nc1ccc(C(=O)N2CCCC2)cc1)[C@@H]1CCCN1. The van der Waals surface area contributed by atoms with E-state index in [2.05, 4.69) is 10.6 Å². The molecule has 0 bridgehead atoms. The Morgan fingerprint density at radius 3 is 2.36 bits per heavy atom. The first kappa shape index (κ1) is 16.8. The molecule has 1 atom stereocenters. The number of anilines is 1. The first-order chi connectivity index (χ1) is 10.2. The van der Waals surface area contributed by atoms with Gasteiger partial charge in [0.05, 0.1) is 6.04 Å². The van der Waals surface area contributed by atoms with Crippen LogP contribution < -0.4 is 10.6 Å². The van der Waals surface area contributed by atoms with Gasteiger partial charge in [0.1, 0.15) is 0 Å². The molecule has 6 heteroatoms. The molecule has 2 fully saturated rings. The standard InChI is InChI=1S/C16H21N3O2.ClH/c20-15(14-4-3-9-17-14)18-13-7-5-12(6-8-13)16(21)19-10-1-2-11-19;/h5-8,14,17H,1-4,9-11H2,(H,18,20);1H/t14-;/m0./s1. The van der Waals surface area contributed by atoms with Crippen LogP contribution in [0.2, 0.25) is 0 Å². The number of amides is 2. The Kier molecular flexibility index (Phi) is 5.80. The van der Waals surface area contributed by atoms with Gasteiger partial charge in [0, 0.05) is 24.3 Å². The second-order valence-electron chi connectivity index (χ2n) is 5.71. The second-order valence-corrected chi connectivity index (χ2v) is 5.71. The highest BCUT2D eigenvalue weighted by atomic mass is 35.5. The smallest absolute Gasteiger partial charge is 0.253 e. The number of halogens is 1. The van der Waals surface area contributed by atoms with Crippen molar-refractivity contribution in [1.82, 2.24) is 10.2 Å². The Balaban J connectivity index is 0.00000176. The number of hydrogen-bond donors (Lipinski definition) is 2. The van der Waals surface area contributed by atoms with Crippen molar-refractivity contribution in [3.63, 3.8) is 0 Å². The molecule has 0 aromatic heterocycles. The van der Waals surface area contributed by atoms with Crippen molar-refractivity contribution in [1.29, 1.82) is 0 Å². The highest BCUT2D eigenvalue weighted by Crippen LogP contribution is 2.16. The first-order valence-electron chi connectivity index (χ1n) is 7.67. The van der Waals surface area contributed by atoms with Crippen LogP contribution >= 0.6 is 12.4 Å². The monoisotopic (exact) mass is 323 g/mol. The zero-order valence-corrected chi connectivity index (χ0v) is 13.3. The van der Waals surface area contributed by atoms with Gasteiger partial charge in [-0.15, -0.1) is 12.4 Å². The summed E-state index contributed by atoms with van der Waals surface area (Å²) in [5.74, 6) is 0.0916. The van der Waals surface area contributed by atoms with Gasteiger partial charge in [-0.2, -0.15) is 0 Å². The molecular weight excluding hydrogens is 302 g/mol. The van der Waals surface area contributed by atoms with E-state index in [9.17, 15) is 9.59 Å². The number of hydrogen-bond acceptors (Lipinski definition) is 3. The third-order valence-electron chi connectivity index (χ3n) is 4.17. The molecule has 22 heavy (non-hydrogen) atoms. The van der Waals surface area contributed by atoms with E-state index in [0.717, 1.165) is 51.0 Å². The van der Waals surface area contributed by atoms with Crippen molar-refractivity contribution in [2.45, 2.75) is 31.7 Å². The van der Waals surface area contributed by atoms with Gasteiger partial charge < -0.3 is 15.5 Å². The molecule has 2 saturated heterocycles. The van der Waals surface area contributed by atoms with E-state index in [1.807, 2.05) is 4.90 Å². The molecule has 3 rings (SSSR count). The Hall–Kier alpha value is -1.59. The molecule has 0 saturated carbocycles. The minimum Gasteiger partial charge on any atom is -0.339 e. The van der Waals surface area contributed by atoms with E-state index in [0.29, 0.717) is 5.56 Å². The molecule has 0 unspecified atom stereocenters. The maximum atomic E-state index is 12.2. The lowest BCUT2D eigenvalue weighted by Gasteiger charge is -2.15. The summed E-state index contributed by atoms with van der Waals surface area (Å²) in [5.41, 5.74) is 1.43. The summed E-state index contributed by atoms with van der Waals surface area (Å²) in [6.07, 6.45) is 4.11. The third-order valence-corrected chi connectivity index (χ3v) is 4.17. The van der Waals surface area contributed by atoms with Gasteiger partial charge >= 0.3 is 0 Å². The Morgan fingerprint density at radius 1 is 1.09 bits per heavy atom. The van der Waals surface area contributed by atoms with Gasteiger partial charge in [-0.1, -0.05) is 0 Å². The molecule has 2 aliphatic rings. The van der Waals surface area contributed by atoms with Crippen LogP contribution in [0.15, 0.2) is 24.3 Å². The Bertz CT molecular complexity index is 521. The number of carbonyl (C=O) groups excluding carboxylic acids is 2. The molecule has 120 valence electrons. The maximum absolute atomic E-state index is 12.2. The molecule has 0 spiro atoms. The normalized spacial score (nSPS) is 20.5. The minimum atomic E-state index is -0.0871. The summed E-state index contributed by atoms with van der Waals surface area (Å²) in [4.78, 5) is 26.1. The predicted octanol–water partition coefficient (Wildman–Crippen LogP) is 2.03. The van der Waals surface area contributed by atoms with E-state index in [4.69, 9.17) is 0 Å². The van der Waals surface area contributed by atoms with Crippen LogP contribution in [-0.4, -0.2) is 42.4 Å². The van der Waals surface area contributed by atoms with Gasteiger partial charge in [0.15, 0.2) is 0 Å². The van der Waals surface area contributed by atoms with E-state index in [-0.39, 0.29) is 30.3 Å². The molecule has 1 aromatic rings. The summed E-state index contributed by atoms with van der Waals surface area (Å²) in [6, 6.07) is 7.10. The van der Waals surface area contributed by atoms with Crippen molar-refractivity contribution in [2.75, 3.05) is 25.0 Å². The highest BCUT2D eigenvalue weighted by molar-refractivity contribution is 5.97. The molecule has 2 amide bonds. The van der Waals surface area contributed by atoms with E-state index in [1.54, 1.807) is 24.3 Å². The van der Waals surface area contributed by atoms with Crippen molar-refractivity contribution in [2.24, 2.45) is 0 Å². The zero-order chi connectivity index (χ0) is 14.7. The largest absolute Gasteiger partial charge is 0.339 e. The topological polar surface area (TPSA) is 61.4 Å². The van der Waals surface area contributed by atoms with Crippen LogP contribution in [-0.2, 0) is 4.79 Å². The van der Waals surface area contributed by atoms with E-state index in [1.165, 1.54) is 0 Å². The lowest BCUT2D eigenvalue weighted by molar-refractivity contribution is -0.117. The van der Waals surface area contributed by atoms with Gasteiger partial charge in [-0.25, -0.2) is 0 Å². The Labute approximate surface area is 136 Å². The Morgan fingerprint density at radius 2 is 1.77 bits per heavy atom. The fourth-order valence-corrected chi connectivity index (χ4v) is 2.94. The number of nitrogens with one attached hydrogen (secondary N) is 2.